The molecule has 0 spiro atoms. The Bertz CT molecular complexity index is 819. The minimum atomic E-state index is -4.89. The van der Waals surface area contributed by atoms with Crippen LogP contribution in [0.1, 0.15) is 11.1 Å². The van der Waals surface area contributed by atoms with Gasteiger partial charge in [0.15, 0.2) is 0 Å². The third kappa shape index (κ3) is 5.95. The highest BCUT2D eigenvalue weighted by Crippen LogP contribution is 2.44. The summed E-state index contributed by atoms with van der Waals surface area (Å²) in [7, 11) is 1.96. The van der Waals surface area contributed by atoms with Gasteiger partial charge >= 0.3 is 6.18 Å². The number of nitrogens with zero attached hydrogens (tertiary/aromatic N) is 1. The standard InChI is InChI=1S/C22H23BrF3NO2/c1-3-14-27(2)15-4-5-16-29-20-12-8-18(9-13-20)21(28,22(24,25)26)17-6-10-19(23)11-7-17/h3-13,28H,1,14-16H2,2H3/b5-4+/t21-/m1/s1. The van der Waals surface area contributed by atoms with Crippen LogP contribution in [0.2, 0.25) is 0 Å². The predicted molar refractivity (Wildman–Crippen MR) is 112 cm³/mol. The Morgan fingerprint density at radius 1 is 1.00 bits per heavy atom. The molecule has 0 bridgehead atoms. The highest BCUT2D eigenvalue weighted by molar-refractivity contribution is 9.10. The van der Waals surface area contributed by atoms with Crippen LogP contribution >= 0.6 is 15.9 Å². The molecule has 1 atom stereocenters. The monoisotopic (exact) mass is 469 g/mol. The Hall–Kier alpha value is -2.09. The Morgan fingerprint density at radius 2 is 1.55 bits per heavy atom. The molecular weight excluding hydrogens is 447 g/mol. The number of hydrogen-bond donors (Lipinski definition) is 1. The topological polar surface area (TPSA) is 32.7 Å². The van der Waals surface area contributed by atoms with Crippen molar-refractivity contribution in [1.29, 1.82) is 0 Å². The van der Waals surface area contributed by atoms with E-state index >= 15 is 0 Å². The zero-order valence-corrected chi connectivity index (χ0v) is 17.6. The van der Waals surface area contributed by atoms with Gasteiger partial charge in [-0.15, -0.1) is 6.58 Å². The van der Waals surface area contributed by atoms with Crippen molar-refractivity contribution in [3.63, 3.8) is 0 Å². The molecule has 0 aliphatic heterocycles. The lowest BCUT2D eigenvalue weighted by molar-refractivity contribution is -0.248. The van der Waals surface area contributed by atoms with E-state index in [9.17, 15) is 18.3 Å². The summed E-state index contributed by atoms with van der Waals surface area (Å²) < 4.78 is 47.5. The van der Waals surface area contributed by atoms with Crippen LogP contribution < -0.4 is 4.74 Å². The number of alkyl halides is 3. The van der Waals surface area contributed by atoms with Crippen LogP contribution in [0, 0.1) is 0 Å². The van der Waals surface area contributed by atoms with E-state index in [1.165, 1.54) is 48.5 Å². The second-order valence-electron chi connectivity index (χ2n) is 6.53. The van der Waals surface area contributed by atoms with E-state index in [1.54, 1.807) is 0 Å². The molecule has 0 aromatic heterocycles. The Balaban J connectivity index is 2.11. The first kappa shape index (κ1) is 23.2. The Labute approximate surface area is 177 Å². The van der Waals surface area contributed by atoms with Crippen LogP contribution in [0.3, 0.4) is 0 Å². The van der Waals surface area contributed by atoms with Crippen molar-refractivity contribution in [3.8, 4) is 5.75 Å². The number of hydrogen-bond acceptors (Lipinski definition) is 3. The number of aliphatic hydroxyl groups is 1. The van der Waals surface area contributed by atoms with E-state index in [1.807, 2.05) is 25.3 Å². The van der Waals surface area contributed by atoms with Crippen LogP contribution in [0.15, 0.2) is 77.8 Å². The molecule has 3 nitrogen and oxygen atoms in total. The fraction of sp³-hybridized carbons (Fsp3) is 0.273. The van der Waals surface area contributed by atoms with Gasteiger partial charge in [-0.2, -0.15) is 13.2 Å². The van der Waals surface area contributed by atoms with Crippen LogP contribution in [0.5, 0.6) is 5.75 Å². The van der Waals surface area contributed by atoms with Gasteiger partial charge in [0.05, 0.1) is 0 Å². The van der Waals surface area contributed by atoms with Crippen LogP contribution in [-0.2, 0) is 5.60 Å². The maximum atomic E-state index is 13.8. The molecule has 1 N–H and O–H groups in total. The van der Waals surface area contributed by atoms with Gasteiger partial charge in [-0.3, -0.25) is 4.90 Å². The number of likely N-dealkylation sites (N-methyl/N-ethyl adjacent to an activating group) is 1. The summed E-state index contributed by atoms with van der Waals surface area (Å²) in [5, 5.41) is 10.6. The van der Waals surface area contributed by atoms with Crippen LogP contribution in [0.25, 0.3) is 0 Å². The maximum absolute atomic E-state index is 13.8. The fourth-order valence-corrected chi connectivity index (χ4v) is 3.00. The third-order valence-electron chi connectivity index (χ3n) is 4.32. The highest BCUT2D eigenvalue weighted by Gasteiger charge is 2.56. The van der Waals surface area contributed by atoms with Crippen molar-refractivity contribution >= 4 is 15.9 Å². The van der Waals surface area contributed by atoms with E-state index < -0.39 is 11.8 Å². The van der Waals surface area contributed by atoms with Gasteiger partial charge in [0, 0.05) is 17.6 Å². The molecule has 0 radical (unpaired) electrons. The lowest BCUT2D eigenvalue weighted by Gasteiger charge is -2.31. The lowest BCUT2D eigenvalue weighted by atomic mass is 9.85. The number of rotatable bonds is 9. The SMILES string of the molecule is C=CCN(C)C/C=C/COc1ccc([C@](O)(c2ccc(Br)cc2)C(F)(F)F)cc1. The summed E-state index contributed by atoms with van der Waals surface area (Å²) in [4.78, 5) is 2.05. The van der Waals surface area contributed by atoms with E-state index in [-0.39, 0.29) is 17.7 Å². The predicted octanol–water partition coefficient (Wildman–Crippen LogP) is 5.30. The maximum Gasteiger partial charge on any atom is 0.425 e. The van der Waals surface area contributed by atoms with Crippen molar-refractivity contribution in [2.75, 3.05) is 26.7 Å². The second-order valence-corrected chi connectivity index (χ2v) is 7.45. The number of halogens is 4. The first-order valence-corrected chi connectivity index (χ1v) is 9.70. The Morgan fingerprint density at radius 3 is 2.07 bits per heavy atom. The molecule has 2 rings (SSSR count). The van der Waals surface area contributed by atoms with Crippen molar-refractivity contribution in [1.82, 2.24) is 4.90 Å². The van der Waals surface area contributed by atoms with Gasteiger partial charge in [-0.1, -0.05) is 58.4 Å². The van der Waals surface area contributed by atoms with E-state index in [2.05, 4.69) is 27.4 Å². The molecule has 0 heterocycles. The zero-order chi connectivity index (χ0) is 21.5. The van der Waals surface area contributed by atoms with Gasteiger partial charge < -0.3 is 9.84 Å². The van der Waals surface area contributed by atoms with Gasteiger partial charge in [-0.05, 0) is 42.4 Å². The number of ether oxygens (including phenoxy) is 1. The average Bonchev–Trinajstić information content (AvgIpc) is 2.67. The largest absolute Gasteiger partial charge is 0.490 e. The summed E-state index contributed by atoms with van der Waals surface area (Å²) in [5.41, 5.74) is -3.64. The molecule has 0 unspecified atom stereocenters. The quantitative estimate of drug-likeness (QED) is 0.505. The lowest BCUT2D eigenvalue weighted by Crippen LogP contribution is -2.43. The van der Waals surface area contributed by atoms with Crippen LogP contribution in [-0.4, -0.2) is 42.9 Å². The van der Waals surface area contributed by atoms with Gasteiger partial charge in [-0.25, -0.2) is 0 Å². The summed E-state index contributed by atoms with van der Waals surface area (Å²) in [6.07, 6.45) is 0.695. The highest BCUT2D eigenvalue weighted by atomic mass is 79.9. The molecule has 0 fully saturated rings. The molecule has 7 heteroatoms. The van der Waals surface area contributed by atoms with E-state index in [4.69, 9.17) is 4.74 Å². The molecule has 0 saturated heterocycles. The zero-order valence-electron chi connectivity index (χ0n) is 16.0. The Kier molecular flexibility index (Phi) is 8.07. The second kappa shape index (κ2) is 10.1. The molecule has 2 aromatic rings. The molecule has 0 amide bonds. The molecule has 2 aromatic carbocycles. The summed E-state index contributed by atoms with van der Waals surface area (Å²) in [6.45, 7) is 5.46. The third-order valence-corrected chi connectivity index (χ3v) is 4.84. The molecule has 0 saturated carbocycles. The van der Waals surface area contributed by atoms with Gasteiger partial charge in [0.1, 0.15) is 12.4 Å². The van der Waals surface area contributed by atoms with Crippen molar-refractivity contribution in [2.45, 2.75) is 11.8 Å². The van der Waals surface area contributed by atoms with Gasteiger partial charge in [0.25, 0.3) is 0 Å². The molecule has 0 aliphatic carbocycles. The summed E-state index contributed by atoms with van der Waals surface area (Å²) in [5.74, 6) is 0.415. The molecule has 0 aliphatic rings. The normalized spacial score (nSPS) is 14.2. The first-order chi connectivity index (χ1) is 13.7. The summed E-state index contributed by atoms with van der Waals surface area (Å²) >= 11 is 3.19. The van der Waals surface area contributed by atoms with Gasteiger partial charge in [0.2, 0.25) is 5.60 Å². The van der Waals surface area contributed by atoms with E-state index in [0.717, 1.165) is 13.1 Å². The van der Waals surface area contributed by atoms with Crippen molar-refractivity contribution < 1.29 is 23.0 Å². The minimum Gasteiger partial charge on any atom is -0.490 e. The van der Waals surface area contributed by atoms with Crippen molar-refractivity contribution in [2.24, 2.45) is 0 Å². The van der Waals surface area contributed by atoms with Crippen LogP contribution in [0.4, 0.5) is 13.2 Å². The number of benzene rings is 2. The van der Waals surface area contributed by atoms with E-state index in [0.29, 0.717) is 10.2 Å². The minimum absolute atomic E-state index is 0.256. The molecule has 156 valence electrons. The molecular formula is C22H23BrF3NO2. The first-order valence-electron chi connectivity index (χ1n) is 8.91. The average molecular weight is 470 g/mol. The molecule has 29 heavy (non-hydrogen) atoms. The summed E-state index contributed by atoms with van der Waals surface area (Å²) in [6, 6.07) is 10.7. The smallest absolute Gasteiger partial charge is 0.425 e. The fourth-order valence-electron chi connectivity index (χ4n) is 2.74. The van der Waals surface area contributed by atoms with Crippen molar-refractivity contribution in [3.05, 3.63) is 88.9 Å².